The maximum absolute atomic E-state index is 11.6. The van der Waals surface area contributed by atoms with Crippen LogP contribution in [0.2, 0.25) is 18.1 Å². The van der Waals surface area contributed by atoms with E-state index in [1.165, 1.54) is 11.3 Å². The number of hydrogen-bond acceptors (Lipinski definition) is 5. The number of thiophene rings is 1. The van der Waals surface area contributed by atoms with Crippen molar-refractivity contribution in [2.45, 2.75) is 64.8 Å². The van der Waals surface area contributed by atoms with Crippen LogP contribution in [0.15, 0.2) is 12.1 Å². The van der Waals surface area contributed by atoms with Gasteiger partial charge in [0.25, 0.3) is 0 Å². The molecule has 1 atom stereocenters. The number of carbonyl (C=O) groups excluding carboxylic acids is 1. The van der Waals surface area contributed by atoms with Crippen LogP contribution in [-0.2, 0) is 15.6 Å². The topological polar surface area (TPSA) is 55.8 Å². The summed E-state index contributed by atoms with van der Waals surface area (Å²) in [7, 11) is -1.81. The smallest absolute Gasteiger partial charge is 0.348 e. The molecule has 1 aromatic heterocycles. The summed E-state index contributed by atoms with van der Waals surface area (Å²) < 4.78 is 11.0. The molecule has 23 heavy (non-hydrogen) atoms. The van der Waals surface area contributed by atoms with Gasteiger partial charge in [-0.1, -0.05) is 20.8 Å². The highest BCUT2D eigenvalue weighted by Gasteiger charge is 2.37. The minimum absolute atomic E-state index is 0.148. The van der Waals surface area contributed by atoms with E-state index < -0.39 is 14.4 Å². The van der Waals surface area contributed by atoms with E-state index in [9.17, 15) is 9.90 Å². The van der Waals surface area contributed by atoms with Crippen molar-refractivity contribution < 1.29 is 19.1 Å². The highest BCUT2D eigenvalue weighted by molar-refractivity contribution is 7.13. The monoisotopic (exact) mass is 358 g/mol. The van der Waals surface area contributed by atoms with Crippen molar-refractivity contribution in [3.8, 4) is 0 Å². The molecule has 0 spiro atoms. The number of aliphatic hydroxyl groups is 1. The van der Waals surface area contributed by atoms with Gasteiger partial charge >= 0.3 is 5.97 Å². The van der Waals surface area contributed by atoms with Crippen LogP contribution in [0.3, 0.4) is 0 Å². The third-order valence-electron chi connectivity index (χ3n) is 4.30. The number of esters is 1. The number of aliphatic hydroxyl groups excluding tert-OH is 1. The van der Waals surface area contributed by atoms with E-state index >= 15 is 0 Å². The van der Waals surface area contributed by atoms with Crippen molar-refractivity contribution in [2.75, 3.05) is 13.2 Å². The third-order valence-corrected chi connectivity index (χ3v) is 9.93. The highest BCUT2D eigenvalue weighted by Crippen LogP contribution is 2.36. The van der Waals surface area contributed by atoms with Gasteiger partial charge in [-0.2, -0.15) is 0 Å². The molecule has 1 aromatic rings. The molecule has 0 fully saturated rings. The Morgan fingerprint density at radius 2 is 2.00 bits per heavy atom. The fraction of sp³-hybridized carbons (Fsp3) is 0.706. The summed E-state index contributed by atoms with van der Waals surface area (Å²) in [6, 6.07) is 3.72. The summed E-state index contributed by atoms with van der Waals surface area (Å²) in [6.45, 7) is 13.5. The van der Waals surface area contributed by atoms with Crippen LogP contribution in [0.25, 0.3) is 0 Å². The lowest BCUT2D eigenvalue weighted by atomic mass is 10.2. The number of ether oxygens (including phenoxy) is 1. The van der Waals surface area contributed by atoms with Gasteiger partial charge in [0.05, 0.1) is 19.3 Å². The molecular formula is C17H30O4SSi. The van der Waals surface area contributed by atoms with Crippen molar-refractivity contribution >= 4 is 25.6 Å². The number of carbonyl (C=O) groups is 1. The van der Waals surface area contributed by atoms with Crippen LogP contribution in [0.4, 0.5) is 0 Å². The molecule has 0 radical (unpaired) electrons. The molecule has 0 amide bonds. The van der Waals surface area contributed by atoms with Gasteiger partial charge in [0.15, 0.2) is 8.32 Å². The summed E-state index contributed by atoms with van der Waals surface area (Å²) in [6.07, 6.45) is 0.904. The summed E-state index contributed by atoms with van der Waals surface area (Å²) in [4.78, 5) is 13.3. The maximum atomic E-state index is 11.6. The molecule has 0 bridgehead atoms. The SMILES string of the molecule is CCOC(=O)c1ccc(CC[C@H](O)CO[Si](C)(C)C(C)(C)C)s1. The Bertz CT molecular complexity index is 505. The van der Waals surface area contributed by atoms with Gasteiger partial charge in [-0.3, -0.25) is 0 Å². The Morgan fingerprint density at radius 3 is 2.57 bits per heavy atom. The molecule has 0 saturated heterocycles. The first-order chi connectivity index (χ1) is 10.6. The Morgan fingerprint density at radius 1 is 1.35 bits per heavy atom. The molecule has 0 aliphatic carbocycles. The first kappa shape index (κ1) is 20.4. The second-order valence-electron chi connectivity index (χ2n) is 7.25. The molecule has 4 nitrogen and oxygen atoms in total. The van der Waals surface area contributed by atoms with E-state index in [0.717, 1.165) is 11.3 Å². The fourth-order valence-electron chi connectivity index (χ4n) is 1.74. The van der Waals surface area contributed by atoms with Gasteiger partial charge in [-0.05, 0) is 50.0 Å². The van der Waals surface area contributed by atoms with Crippen LogP contribution in [-0.4, -0.2) is 38.7 Å². The van der Waals surface area contributed by atoms with Gasteiger partial charge < -0.3 is 14.3 Å². The second kappa shape index (κ2) is 8.42. The van der Waals surface area contributed by atoms with Crippen LogP contribution in [0.5, 0.6) is 0 Å². The van der Waals surface area contributed by atoms with Gasteiger partial charge in [-0.15, -0.1) is 11.3 Å². The fourth-order valence-corrected chi connectivity index (χ4v) is 3.70. The van der Waals surface area contributed by atoms with Crippen molar-refractivity contribution in [3.05, 3.63) is 21.9 Å². The van der Waals surface area contributed by atoms with E-state index in [1.54, 1.807) is 13.0 Å². The van der Waals surface area contributed by atoms with Crippen molar-refractivity contribution in [3.63, 3.8) is 0 Å². The zero-order valence-corrected chi connectivity index (χ0v) is 17.0. The minimum Gasteiger partial charge on any atom is -0.462 e. The molecule has 0 unspecified atom stereocenters. The standard InChI is InChI=1S/C17H30O4SSi/c1-7-20-16(19)15-11-10-14(22-15)9-8-13(18)12-21-23(5,6)17(2,3)4/h10-11,13,18H,7-9,12H2,1-6H3/t13-/m0/s1. The molecule has 1 N–H and O–H groups in total. The van der Waals surface area contributed by atoms with E-state index in [1.807, 2.05) is 6.07 Å². The largest absolute Gasteiger partial charge is 0.462 e. The quantitative estimate of drug-likeness (QED) is 0.558. The zero-order chi connectivity index (χ0) is 17.7. The average molecular weight is 359 g/mol. The van der Waals surface area contributed by atoms with E-state index in [-0.39, 0.29) is 11.0 Å². The Balaban J connectivity index is 2.42. The molecule has 0 aromatic carbocycles. The molecule has 0 aliphatic rings. The lowest BCUT2D eigenvalue weighted by Gasteiger charge is -2.36. The van der Waals surface area contributed by atoms with Crippen LogP contribution in [0, 0.1) is 0 Å². The normalized spacial score (nSPS) is 13.9. The summed E-state index contributed by atoms with van der Waals surface area (Å²) in [5.74, 6) is -0.273. The zero-order valence-electron chi connectivity index (χ0n) is 15.1. The van der Waals surface area contributed by atoms with E-state index in [2.05, 4.69) is 33.9 Å². The average Bonchev–Trinajstić information content (AvgIpc) is 2.91. The molecule has 1 heterocycles. The van der Waals surface area contributed by atoms with Crippen LogP contribution in [0.1, 0.15) is 48.7 Å². The van der Waals surface area contributed by atoms with Gasteiger partial charge in [0.2, 0.25) is 0 Å². The lowest BCUT2D eigenvalue weighted by Crippen LogP contribution is -2.42. The predicted octanol–water partition coefficient (Wildman–Crippen LogP) is 4.24. The molecular weight excluding hydrogens is 328 g/mol. The van der Waals surface area contributed by atoms with Gasteiger partial charge in [0, 0.05) is 4.88 Å². The van der Waals surface area contributed by atoms with Crippen molar-refractivity contribution in [1.29, 1.82) is 0 Å². The number of aryl methyl sites for hydroxylation is 1. The molecule has 132 valence electrons. The minimum atomic E-state index is -1.81. The van der Waals surface area contributed by atoms with Crippen LogP contribution >= 0.6 is 11.3 Å². The lowest BCUT2D eigenvalue weighted by molar-refractivity contribution is 0.0532. The van der Waals surface area contributed by atoms with E-state index in [4.69, 9.17) is 9.16 Å². The molecule has 0 saturated carbocycles. The molecule has 0 aliphatic heterocycles. The number of hydrogen-bond donors (Lipinski definition) is 1. The first-order valence-corrected chi connectivity index (χ1v) is 11.9. The Labute approximate surface area is 145 Å². The molecule has 1 rings (SSSR count). The van der Waals surface area contributed by atoms with E-state index in [0.29, 0.717) is 24.5 Å². The summed E-state index contributed by atoms with van der Waals surface area (Å²) in [5.41, 5.74) is 0. The number of rotatable bonds is 8. The van der Waals surface area contributed by atoms with Crippen molar-refractivity contribution in [2.24, 2.45) is 0 Å². The first-order valence-electron chi connectivity index (χ1n) is 8.14. The summed E-state index contributed by atoms with van der Waals surface area (Å²) >= 11 is 1.43. The third kappa shape index (κ3) is 6.37. The Hall–Kier alpha value is -0.693. The highest BCUT2D eigenvalue weighted by atomic mass is 32.1. The second-order valence-corrected chi connectivity index (χ2v) is 13.2. The van der Waals surface area contributed by atoms with Crippen molar-refractivity contribution in [1.82, 2.24) is 0 Å². The maximum Gasteiger partial charge on any atom is 0.348 e. The predicted molar refractivity (Wildman–Crippen MR) is 97.8 cm³/mol. The van der Waals surface area contributed by atoms with Crippen LogP contribution < -0.4 is 0 Å². The Kier molecular flexibility index (Phi) is 7.45. The van der Waals surface area contributed by atoms with Gasteiger partial charge in [0.1, 0.15) is 4.88 Å². The van der Waals surface area contributed by atoms with Gasteiger partial charge in [-0.25, -0.2) is 4.79 Å². The summed E-state index contributed by atoms with van der Waals surface area (Å²) in [5, 5.41) is 10.3. The molecule has 6 heteroatoms.